The van der Waals surface area contributed by atoms with E-state index in [0.29, 0.717) is 6.21 Å². The molecule has 2 aromatic rings. The Kier molecular flexibility index (Phi) is 4.20. The van der Waals surface area contributed by atoms with Crippen LogP contribution in [-0.4, -0.2) is 11.9 Å². The normalized spacial score (nSPS) is 10.1. The SMILES string of the molecule is N=CC(=N)c1cc(F)c(OCc2ccccc2)cc1F. The highest BCUT2D eigenvalue weighted by Crippen LogP contribution is 2.22. The molecule has 2 rings (SSSR count). The third kappa shape index (κ3) is 3.06. The van der Waals surface area contributed by atoms with E-state index in [9.17, 15) is 8.78 Å². The molecular formula is C15H12F2N2O. The lowest BCUT2D eigenvalue weighted by molar-refractivity contribution is 0.288. The Labute approximate surface area is 114 Å². The highest BCUT2D eigenvalue weighted by atomic mass is 19.1. The van der Waals surface area contributed by atoms with Crippen molar-refractivity contribution in [1.82, 2.24) is 0 Å². The summed E-state index contributed by atoms with van der Waals surface area (Å²) in [5.41, 5.74) is 0.184. The van der Waals surface area contributed by atoms with Gasteiger partial charge in [0.15, 0.2) is 11.6 Å². The average Bonchev–Trinajstić information content (AvgIpc) is 2.48. The topological polar surface area (TPSA) is 56.9 Å². The van der Waals surface area contributed by atoms with E-state index >= 15 is 0 Å². The highest BCUT2D eigenvalue weighted by Gasteiger charge is 2.13. The van der Waals surface area contributed by atoms with Crippen LogP contribution in [0.15, 0.2) is 42.5 Å². The van der Waals surface area contributed by atoms with Crippen molar-refractivity contribution >= 4 is 11.9 Å². The molecule has 2 aromatic carbocycles. The highest BCUT2D eigenvalue weighted by molar-refractivity contribution is 6.35. The summed E-state index contributed by atoms with van der Waals surface area (Å²) < 4.78 is 32.7. The second kappa shape index (κ2) is 6.06. The monoisotopic (exact) mass is 274 g/mol. The second-order valence-corrected chi connectivity index (χ2v) is 4.09. The van der Waals surface area contributed by atoms with Crippen molar-refractivity contribution in [2.75, 3.05) is 0 Å². The van der Waals surface area contributed by atoms with Gasteiger partial charge in [-0.2, -0.15) is 0 Å². The van der Waals surface area contributed by atoms with Gasteiger partial charge in [0.25, 0.3) is 0 Å². The molecule has 3 nitrogen and oxygen atoms in total. The number of hydrogen-bond donors (Lipinski definition) is 2. The van der Waals surface area contributed by atoms with Crippen LogP contribution in [-0.2, 0) is 6.61 Å². The predicted molar refractivity (Wildman–Crippen MR) is 72.7 cm³/mol. The lowest BCUT2D eigenvalue weighted by Crippen LogP contribution is -2.06. The van der Waals surface area contributed by atoms with Crippen molar-refractivity contribution < 1.29 is 13.5 Å². The lowest BCUT2D eigenvalue weighted by Gasteiger charge is -2.09. The van der Waals surface area contributed by atoms with Gasteiger partial charge in [-0.25, -0.2) is 8.78 Å². The number of nitrogens with one attached hydrogen (secondary N) is 2. The van der Waals surface area contributed by atoms with Gasteiger partial charge in [-0.3, -0.25) is 5.41 Å². The third-order valence-electron chi connectivity index (χ3n) is 2.69. The number of hydrogen-bond acceptors (Lipinski definition) is 3. The molecule has 0 spiro atoms. The van der Waals surface area contributed by atoms with E-state index in [1.165, 1.54) is 0 Å². The molecule has 20 heavy (non-hydrogen) atoms. The van der Waals surface area contributed by atoms with Crippen LogP contribution in [0.4, 0.5) is 8.78 Å². The standard InChI is InChI=1S/C15H12F2N2O/c16-12-7-15(13(17)6-11(12)14(19)8-18)20-9-10-4-2-1-3-5-10/h1-8,18-19H,9H2. The van der Waals surface area contributed by atoms with Crippen LogP contribution in [0.3, 0.4) is 0 Å². The number of benzene rings is 2. The zero-order valence-corrected chi connectivity index (χ0v) is 10.5. The summed E-state index contributed by atoms with van der Waals surface area (Å²) in [6, 6.07) is 10.9. The molecule has 0 aliphatic carbocycles. The molecule has 0 fully saturated rings. The lowest BCUT2D eigenvalue weighted by atomic mass is 10.1. The largest absolute Gasteiger partial charge is 0.486 e. The fraction of sp³-hybridized carbons (Fsp3) is 0.0667. The third-order valence-corrected chi connectivity index (χ3v) is 2.69. The van der Waals surface area contributed by atoms with Crippen molar-refractivity contribution in [3.05, 3.63) is 65.2 Å². The molecule has 2 N–H and O–H groups in total. The Hall–Kier alpha value is -2.56. The maximum atomic E-state index is 13.8. The van der Waals surface area contributed by atoms with Gasteiger partial charge in [0.05, 0.1) is 5.71 Å². The van der Waals surface area contributed by atoms with Gasteiger partial charge in [0.2, 0.25) is 0 Å². The summed E-state index contributed by atoms with van der Waals surface area (Å²) in [6.45, 7) is 0.124. The van der Waals surface area contributed by atoms with E-state index in [-0.39, 0.29) is 17.9 Å². The molecule has 0 unspecified atom stereocenters. The van der Waals surface area contributed by atoms with E-state index in [1.54, 1.807) is 0 Å². The molecule has 102 valence electrons. The minimum Gasteiger partial charge on any atom is -0.486 e. The van der Waals surface area contributed by atoms with Crippen LogP contribution in [0.2, 0.25) is 0 Å². The fourth-order valence-corrected chi connectivity index (χ4v) is 1.66. The number of rotatable bonds is 5. The Morgan fingerprint density at radius 1 is 1.10 bits per heavy atom. The molecule has 0 aromatic heterocycles. The van der Waals surface area contributed by atoms with Gasteiger partial charge in [-0.1, -0.05) is 30.3 Å². The maximum absolute atomic E-state index is 13.8. The van der Waals surface area contributed by atoms with Crippen LogP contribution in [0.5, 0.6) is 5.75 Å². The van der Waals surface area contributed by atoms with Crippen LogP contribution < -0.4 is 4.74 Å². The molecule has 0 heterocycles. The average molecular weight is 274 g/mol. The van der Waals surface area contributed by atoms with Crippen molar-refractivity contribution in [3.63, 3.8) is 0 Å². The van der Waals surface area contributed by atoms with E-state index < -0.39 is 17.3 Å². The van der Waals surface area contributed by atoms with Crippen molar-refractivity contribution in [2.45, 2.75) is 6.61 Å². The summed E-state index contributed by atoms with van der Waals surface area (Å²) in [6.07, 6.45) is 0.655. The quantitative estimate of drug-likeness (QED) is 0.805. The molecular weight excluding hydrogens is 262 g/mol. The second-order valence-electron chi connectivity index (χ2n) is 4.09. The molecule has 0 saturated heterocycles. The molecule has 0 bridgehead atoms. The van der Waals surface area contributed by atoms with E-state index in [2.05, 4.69) is 0 Å². The Balaban J connectivity index is 2.19. The molecule has 0 aliphatic rings. The maximum Gasteiger partial charge on any atom is 0.165 e. The number of halogens is 2. The summed E-state index contributed by atoms with van der Waals surface area (Å²) in [5.74, 6) is -1.76. The molecule has 0 amide bonds. The van der Waals surface area contributed by atoms with Gasteiger partial charge >= 0.3 is 0 Å². The Bertz CT molecular complexity index is 642. The first kappa shape index (κ1) is 13.9. The number of ether oxygens (including phenoxy) is 1. The minimum atomic E-state index is -0.789. The van der Waals surface area contributed by atoms with Crippen molar-refractivity contribution in [1.29, 1.82) is 10.8 Å². The van der Waals surface area contributed by atoms with Gasteiger partial charge in [0, 0.05) is 17.8 Å². The smallest absolute Gasteiger partial charge is 0.165 e. The van der Waals surface area contributed by atoms with Crippen LogP contribution in [0.25, 0.3) is 0 Å². The molecule has 0 atom stereocenters. The van der Waals surface area contributed by atoms with Crippen LogP contribution >= 0.6 is 0 Å². The molecule has 0 radical (unpaired) electrons. The Morgan fingerprint density at radius 2 is 1.80 bits per heavy atom. The predicted octanol–water partition coefficient (Wildman–Crippen LogP) is 3.56. The summed E-state index contributed by atoms with van der Waals surface area (Å²) in [5, 5.41) is 14.2. The zero-order valence-electron chi connectivity index (χ0n) is 10.5. The Morgan fingerprint density at radius 3 is 2.45 bits per heavy atom. The van der Waals surface area contributed by atoms with Crippen molar-refractivity contribution in [3.8, 4) is 5.75 Å². The fourth-order valence-electron chi connectivity index (χ4n) is 1.66. The zero-order chi connectivity index (χ0) is 14.5. The van der Waals surface area contributed by atoms with E-state index in [4.69, 9.17) is 15.6 Å². The van der Waals surface area contributed by atoms with E-state index in [1.807, 2.05) is 30.3 Å². The van der Waals surface area contributed by atoms with Gasteiger partial charge in [-0.05, 0) is 11.6 Å². The van der Waals surface area contributed by atoms with Gasteiger partial charge in [0.1, 0.15) is 12.4 Å². The summed E-state index contributed by atoms with van der Waals surface area (Å²) >= 11 is 0. The summed E-state index contributed by atoms with van der Waals surface area (Å²) in [7, 11) is 0. The first-order chi connectivity index (χ1) is 9.61. The van der Waals surface area contributed by atoms with Crippen LogP contribution in [0.1, 0.15) is 11.1 Å². The van der Waals surface area contributed by atoms with Gasteiger partial charge in [-0.15, -0.1) is 0 Å². The molecule has 0 saturated carbocycles. The molecule has 0 aliphatic heterocycles. The van der Waals surface area contributed by atoms with Crippen LogP contribution in [0, 0.1) is 22.5 Å². The first-order valence-electron chi connectivity index (χ1n) is 5.87. The minimum absolute atomic E-state index is 0.124. The molecule has 5 heteroatoms. The van der Waals surface area contributed by atoms with Crippen molar-refractivity contribution in [2.24, 2.45) is 0 Å². The first-order valence-corrected chi connectivity index (χ1v) is 5.87. The van der Waals surface area contributed by atoms with Gasteiger partial charge < -0.3 is 10.1 Å². The summed E-state index contributed by atoms with van der Waals surface area (Å²) in [4.78, 5) is 0. The van der Waals surface area contributed by atoms with E-state index in [0.717, 1.165) is 17.7 Å².